The molecule has 0 fully saturated rings. The molecule has 5 nitrogen and oxygen atoms in total. The van der Waals surface area contributed by atoms with Crippen LogP contribution in [0, 0.1) is 4.64 Å². The number of fused-ring (bicyclic) bond motifs is 1. The zero-order valence-electron chi connectivity index (χ0n) is 8.27. The van der Waals surface area contributed by atoms with Crippen LogP contribution in [-0.2, 0) is 0 Å². The number of aromatic nitrogens is 3. The van der Waals surface area contributed by atoms with E-state index in [9.17, 15) is 0 Å². The molecule has 0 amide bonds. The third kappa shape index (κ3) is 1.63. The average molecular weight is 223 g/mol. The van der Waals surface area contributed by atoms with Gasteiger partial charge in [0.25, 0.3) is 0 Å². The molecule has 1 aromatic heterocycles. The SMILES string of the molecule is COc1cc2[nH]nnc(=S)c2cc1OC. The van der Waals surface area contributed by atoms with Gasteiger partial charge in [0.1, 0.15) is 0 Å². The Bertz CT molecular complexity index is 553. The molecule has 1 N–H and O–H groups in total. The quantitative estimate of drug-likeness (QED) is 0.785. The van der Waals surface area contributed by atoms with Gasteiger partial charge in [-0.3, -0.25) is 5.10 Å². The van der Waals surface area contributed by atoms with E-state index in [4.69, 9.17) is 21.7 Å². The van der Waals surface area contributed by atoms with Crippen molar-refractivity contribution in [3.63, 3.8) is 0 Å². The molecule has 0 aliphatic heterocycles. The van der Waals surface area contributed by atoms with Crippen LogP contribution in [-0.4, -0.2) is 29.6 Å². The van der Waals surface area contributed by atoms with Crippen LogP contribution < -0.4 is 9.47 Å². The second-order valence-corrected chi connectivity index (χ2v) is 3.26. The summed E-state index contributed by atoms with van der Waals surface area (Å²) < 4.78 is 10.8. The molecule has 0 radical (unpaired) electrons. The van der Waals surface area contributed by atoms with E-state index in [0.29, 0.717) is 16.1 Å². The number of nitrogens with one attached hydrogen (secondary N) is 1. The van der Waals surface area contributed by atoms with Gasteiger partial charge < -0.3 is 9.47 Å². The zero-order valence-corrected chi connectivity index (χ0v) is 9.09. The van der Waals surface area contributed by atoms with Gasteiger partial charge in [-0.25, -0.2) is 0 Å². The summed E-state index contributed by atoms with van der Waals surface area (Å²) in [5.41, 5.74) is 0.771. The van der Waals surface area contributed by atoms with Crippen LogP contribution in [0.25, 0.3) is 10.9 Å². The van der Waals surface area contributed by atoms with Gasteiger partial charge in [-0.1, -0.05) is 17.4 Å². The lowest BCUT2D eigenvalue weighted by molar-refractivity contribution is 0.355. The molecule has 15 heavy (non-hydrogen) atoms. The number of methoxy groups -OCH3 is 2. The van der Waals surface area contributed by atoms with Gasteiger partial charge in [-0.2, -0.15) is 0 Å². The van der Waals surface area contributed by atoms with Crippen LogP contribution in [0.1, 0.15) is 0 Å². The molecule has 0 aliphatic rings. The monoisotopic (exact) mass is 223 g/mol. The molecule has 0 saturated carbocycles. The summed E-state index contributed by atoms with van der Waals surface area (Å²) in [4.78, 5) is 0. The molecule has 78 valence electrons. The van der Waals surface area contributed by atoms with Crippen molar-refractivity contribution in [2.75, 3.05) is 14.2 Å². The first-order valence-electron chi connectivity index (χ1n) is 4.23. The van der Waals surface area contributed by atoms with Crippen molar-refractivity contribution in [3.05, 3.63) is 16.8 Å². The first kappa shape index (κ1) is 9.85. The van der Waals surface area contributed by atoms with Crippen molar-refractivity contribution < 1.29 is 9.47 Å². The topological polar surface area (TPSA) is 60.0 Å². The number of nitrogens with zero attached hydrogens (tertiary/aromatic N) is 2. The molecule has 0 bridgehead atoms. The van der Waals surface area contributed by atoms with Gasteiger partial charge in [0.05, 0.1) is 19.7 Å². The van der Waals surface area contributed by atoms with E-state index in [2.05, 4.69) is 15.4 Å². The van der Waals surface area contributed by atoms with Gasteiger partial charge in [-0.15, -0.1) is 5.10 Å². The lowest BCUT2D eigenvalue weighted by Crippen LogP contribution is -1.94. The molecule has 0 atom stereocenters. The molecule has 2 rings (SSSR count). The van der Waals surface area contributed by atoms with Crippen molar-refractivity contribution >= 4 is 23.1 Å². The number of aromatic amines is 1. The Morgan fingerprint density at radius 3 is 2.53 bits per heavy atom. The first-order chi connectivity index (χ1) is 7.26. The maximum atomic E-state index is 5.17. The number of H-pyrrole nitrogens is 1. The van der Waals surface area contributed by atoms with E-state index < -0.39 is 0 Å². The van der Waals surface area contributed by atoms with Crippen molar-refractivity contribution in [2.45, 2.75) is 0 Å². The van der Waals surface area contributed by atoms with Gasteiger partial charge in [0.15, 0.2) is 16.1 Å². The molecule has 6 heteroatoms. The Balaban J connectivity index is 2.81. The Morgan fingerprint density at radius 2 is 1.87 bits per heavy atom. The number of hydrogen-bond acceptors (Lipinski definition) is 5. The average Bonchev–Trinajstić information content (AvgIpc) is 2.28. The minimum Gasteiger partial charge on any atom is -0.493 e. The summed E-state index contributed by atoms with van der Waals surface area (Å²) in [6.07, 6.45) is 0. The van der Waals surface area contributed by atoms with Crippen molar-refractivity contribution in [1.29, 1.82) is 0 Å². The molecule has 1 aromatic carbocycles. The highest BCUT2D eigenvalue weighted by molar-refractivity contribution is 7.71. The third-order valence-electron chi connectivity index (χ3n) is 2.07. The van der Waals surface area contributed by atoms with E-state index in [1.807, 2.05) is 0 Å². The molecule has 0 unspecified atom stereocenters. The second kappa shape index (κ2) is 3.82. The number of ether oxygens (including phenoxy) is 2. The summed E-state index contributed by atoms with van der Waals surface area (Å²) in [6, 6.07) is 3.56. The Labute approximate surface area is 91.0 Å². The van der Waals surface area contributed by atoms with Gasteiger partial charge >= 0.3 is 0 Å². The third-order valence-corrected chi connectivity index (χ3v) is 2.37. The van der Waals surface area contributed by atoms with Crippen LogP contribution in [0.4, 0.5) is 0 Å². The lowest BCUT2D eigenvalue weighted by atomic mass is 10.2. The van der Waals surface area contributed by atoms with Crippen LogP contribution >= 0.6 is 12.2 Å². The van der Waals surface area contributed by atoms with Gasteiger partial charge in [-0.05, 0) is 6.07 Å². The standard InChI is InChI=1S/C9H9N3O2S/c1-13-7-3-5-6(4-8(7)14-2)10-12-11-9(5)15/h3-4H,1-2H3,(H,10,11,15). The van der Waals surface area contributed by atoms with E-state index in [1.54, 1.807) is 26.4 Å². The number of rotatable bonds is 2. The largest absolute Gasteiger partial charge is 0.493 e. The first-order valence-corrected chi connectivity index (χ1v) is 4.64. The van der Waals surface area contributed by atoms with Crippen LogP contribution in [0.3, 0.4) is 0 Å². The Hall–Kier alpha value is -1.69. The normalized spacial score (nSPS) is 10.3. The van der Waals surface area contributed by atoms with Crippen LogP contribution in [0.5, 0.6) is 11.5 Å². The second-order valence-electron chi connectivity index (χ2n) is 2.87. The molecular weight excluding hydrogens is 214 g/mol. The number of hydrogen-bond donors (Lipinski definition) is 1. The Kier molecular flexibility index (Phi) is 2.51. The summed E-state index contributed by atoms with van der Waals surface area (Å²) in [5, 5.41) is 11.0. The van der Waals surface area contributed by atoms with E-state index in [0.717, 1.165) is 10.9 Å². The van der Waals surface area contributed by atoms with Crippen molar-refractivity contribution in [2.24, 2.45) is 0 Å². The summed E-state index contributed by atoms with van der Waals surface area (Å²) >= 11 is 5.05. The highest BCUT2D eigenvalue weighted by Gasteiger charge is 2.07. The van der Waals surface area contributed by atoms with E-state index in [-0.39, 0.29) is 0 Å². The van der Waals surface area contributed by atoms with Gasteiger partial charge in [0.2, 0.25) is 0 Å². The lowest BCUT2D eigenvalue weighted by Gasteiger charge is -2.08. The molecular formula is C9H9N3O2S. The molecule has 0 spiro atoms. The predicted octanol–water partition coefficient (Wildman–Crippen LogP) is 1.70. The highest BCUT2D eigenvalue weighted by Crippen LogP contribution is 2.30. The minimum absolute atomic E-state index is 0.435. The van der Waals surface area contributed by atoms with Gasteiger partial charge in [0, 0.05) is 11.5 Å². The summed E-state index contributed by atoms with van der Waals surface area (Å²) in [6.45, 7) is 0. The predicted molar refractivity (Wildman–Crippen MR) is 57.8 cm³/mol. The molecule has 2 aromatic rings. The fourth-order valence-electron chi connectivity index (χ4n) is 1.33. The smallest absolute Gasteiger partial charge is 0.162 e. The van der Waals surface area contributed by atoms with Crippen molar-refractivity contribution in [1.82, 2.24) is 15.4 Å². The highest BCUT2D eigenvalue weighted by atomic mass is 32.1. The van der Waals surface area contributed by atoms with E-state index in [1.165, 1.54) is 0 Å². The minimum atomic E-state index is 0.435. The maximum Gasteiger partial charge on any atom is 0.162 e. The molecule has 1 heterocycles. The zero-order chi connectivity index (χ0) is 10.8. The van der Waals surface area contributed by atoms with E-state index >= 15 is 0 Å². The van der Waals surface area contributed by atoms with Crippen LogP contribution in [0.2, 0.25) is 0 Å². The summed E-state index contributed by atoms with van der Waals surface area (Å²) in [5.74, 6) is 1.25. The fraction of sp³-hybridized carbons (Fsp3) is 0.222. The Morgan fingerprint density at radius 1 is 1.20 bits per heavy atom. The molecule has 0 saturated heterocycles. The number of benzene rings is 1. The molecule has 0 aliphatic carbocycles. The van der Waals surface area contributed by atoms with Crippen molar-refractivity contribution in [3.8, 4) is 11.5 Å². The maximum absolute atomic E-state index is 5.17. The summed E-state index contributed by atoms with van der Waals surface area (Å²) in [7, 11) is 3.15. The fourth-order valence-corrected chi connectivity index (χ4v) is 1.54. The van der Waals surface area contributed by atoms with Crippen LogP contribution in [0.15, 0.2) is 12.1 Å².